The standard InChI is InChI=1S/C12H11NO3/c1-7-3-8(12(15)16)4-10-9(6-14)5-13(2)11(7)10/h3-6H,1-2H3,(H,15,16). The number of nitrogens with zero attached hydrogens (tertiary/aromatic N) is 1. The lowest BCUT2D eigenvalue weighted by Gasteiger charge is -2.03. The largest absolute Gasteiger partial charge is 0.478 e. The van der Waals surface area contributed by atoms with Crippen LogP contribution in [0.15, 0.2) is 18.3 Å². The highest BCUT2D eigenvalue weighted by Gasteiger charge is 2.12. The topological polar surface area (TPSA) is 59.3 Å². The average molecular weight is 217 g/mol. The first-order chi connectivity index (χ1) is 7.54. The van der Waals surface area contributed by atoms with Crippen LogP contribution in [0.4, 0.5) is 0 Å². The van der Waals surface area contributed by atoms with E-state index in [1.165, 1.54) is 6.07 Å². The monoisotopic (exact) mass is 217 g/mol. The zero-order chi connectivity index (χ0) is 11.9. The number of hydrogen-bond donors (Lipinski definition) is 1. The zero-order valence-electron chi connectivity index (χ0n) is 9.02. The first-order valence-corrected chi connectivity index (χ1v) is 4.82. The van der Waals surface area contributed by atoms with Crippen molar-refractivity contribution >= 4 is 23.2 Å². The number of aromatic carboxylic acids is 1. The fourth-order valence-corrected chi connectivity index (χ4v) is 2.03. The van der Waals surface area contributed by atoms with Crippen LogP contribution in [0.5, 0.6) is 0 Å². The molecule has 0 bridgehead atoms. The summed E-state index contributed by atoms with van der Waals surface area (Å²) in [6, 6.07) is 3.15. The summed E-state index contributed by atoms with van der Waals surface area (Å²) in [5, 5.41) is 9.63. The minimum atomic E-state index is -0.981. The van der Waals surface area contributed by atoms with Gasteiger partial charge in [-0.3, -0.25) is 4.79 Å². The van der Waals surface area contributed by atoms with Gasteiger partial charge in [-0.2, -0.15) is 0 Å². The van der Waals surface area contributed by atoms with Crippen molar-refractivity contribution in [2.45, 2.75) is 6.92 Å². The number of carbonyl (C=O) groups is 2. The van der Waals surface area contributed by atoms with Crippen LogP contribution in [-0.2, 0) is 7.05 Å². The molecule has 2 rings (SSSR count). The van der Waals surface area contributed by atoms with Crippen LogP contribution in [0.25, 0.3) is 10.9 Å². The van der Waals surface area contributed by atoms with Crippen LogP contribution in [-0.4, -0.2) is 21.9 Å². The molecule has 1 aromatic carbocycles. The number of aromatic nitrogens is 1. The number of rotatable bonds is 2. The van der Waals surface area contributed by atoms with Gasteiger partial charge in [-0.1, -0.05) is 0 Å². The second-order valence-corrected chi connectivity index (χ2v) is 3.81. The molecule has 0 aliphatic heterocycles. The molecule has 1 N–H and O–H groups in total. The van der Waals surface area contributed by atoms with E-state index in [1.807, 2.05) is 18.5 Å². The van der Waals surface area contributed by atoms with Gasteiger partial charge in [0.1, 0.15) is 0 Å². The van der Waals surface area contributed by atoms with Gasteiger partial charge in [0.05, 0.1) is 11.1 Å². The van der Waals surface area contributed by atoms with Gasteiger partial charge < -0.3 is 9.67 Å². The molecule has 0 unspecified atom stereocenters. The summed E-state index contributed by atoms with van der Waals surface area (Å²) in [6.07, 6.45) is 2.45. The molecule has 0 fully saturated rings. The minimum absolute atomic E-state index is 0.208. The molecular formula is C12H11NO3. The average Bonchev–Trinajstić information content (AvgIpc) is 2.55. The maximum absolute atomic E-state index is 10.9. The Balaban J connectivity index is 2.89. The van der Waals surface area contributed by atoms with E-state index in [-0.39, 0.29) is 5.56 Å². The molecule has 1 aromatic heterocycles. The van der Waals surface area contributed by atoms with E-state index in [9.17, 15) is 9.59 Å². The molecule has 0 aliphatic carbocycles. The Morgan fingerprint density at radius 1 is 1.44 bits per heavy atom. The number of benzene rings is 1. The predicted octanol–water partition coefficient (Wildman–Crippen LogP) is 2.00. The van der Waals surface area contributed by atoms with Gasteiger partial charge >= 0.3 is 5.97 Å². The van der Waals surface area contributed by atoms with Crippen molar-refractivity contribution in [1.82, 2.24) is 4.57 Å². The normalized spacial score (nSPS) is 10.6. The van der Waals surface area contributed by atoms with E-state index >= 15 is 0 Å². The van der Waals surface area contributed by atoms with Gasteiger partial charge in [-0.05, 0) is 24.6 Å². The molecule has 0 aliphatic rings. The Kier molecular flexibility index (Phi) is 2.27. The smallest absolute Gasteiger partial charge is 0.335 e. The van der Waals surface area contributed by atoms with Gasteiger partial charge in [0.2, 0.25) is 0 Å². The second-order valence-electron chi connectivity index (χ2n) is 3.81. The summed E-state index contributed by atoms with van der Waals surface area (Å²) in [4.78, 5) is 21.8. The van der Waals surface area contributed by atoms with Crippen LogP contribution in [0, 0.1) is 6.92 Å². The fraction of sp³-hybridized carbons (Fsp3) is 0.167. The quantitative estimate of drug-likeness (QED) is 0.782. The summed E-state index contributed by atoms with van der Waals surface area (Å²) in [5.74, 6) is -0.981. The molecule has 0 amide bonds. The van der Waals surface area contributed by atoms with Crippen molar-refractivity contribution in [2.75, 3.05) is 0 Å². The van der Waals surface area contributed by atoms with Crippen LogP contribution in [0.1, 0.15) is 26.3 Å². The molecule has 4 heteroatoms. The Bertz CT molecular complexity index is 596. The third-order valence-electron chi connectivity index (χ3n) is 2.67. The number of fused-ring (bicyclic) bond motifs is 1. The van der Waals surface area contributed by atoms with E-state index in [0.717, 1.165) is 17.4 Å². The van der Waals surface area contributed by atoms with E-state index in [1.54, 1.807) is 12.3 Å². The van der Waals surface area contributed by atoms with Gasteiger partial charge in [-0.15, -0.1) is 0 Å². The molecule has 0 radical (unpaired) electrons. The summed E-state index contributed by atoms with van der Waals surface area (Å²) in [7, 11) is 1.84. The van der Waals surface area contributed by atoms with E-state index < -0.39 is 5.97 Å². The number of hydrogen-bond acceptors (Lipinski definition) is 2. The highest BCUT2D eigenvalue weighted by atomic mass is 16.4. The zero-order valence-corrected chi connectivity index (χ0v) is 9.02. The third-order valence-corrected chi connectivity index (χ3v) is 2.67. The molecule has 0 atom stereocenters. The van der Waals surface area contributed by atoms with Gasteiger partial charge in [0.25, 0.3) is 0 Å². The fourth-order valence-electron chi connectivity index (χ4n) is 2.03. The summed E-state index contributed by atoms with van der Waals surface area (Å²) < 4.78 is 1.83. The molecule has 1 heterocycles. The molecule has 0 saturated heterocycles. The molecule has 0 spiro atoms. The molecule has 0 saturated carbocycles. The van der Waals surface area contributed by atoms with Crippen LogP contribution in [0.2, 0.25) is 0 Å². The first kappa shape index (κ1) is 10.4. The van der Waals surface area contributed by atoms with Gasteiger partial charge in [0, 0.05) is 24.2 Å². The van der Waals surface area contributed by atoms with E-state index in [2.05, 4.69) is 0 Å². The molecule has 82 valence electrons. The highest BCUT2D eigenvalue weighted by molar-refractivity contribution is 6.02. The van der Waals surface area contributed by atoms with Crippen molar-refractivity contribution < 1.29 is 14.7 Å². The maximum atomic E-state index is 10.9. The van der Waals surface area contributed by atoms with Crippen molar-refractivity contribution in [3.63, 3.8) is 0 Å². The Labute approximate surface area is 92.1 Å². The van der Waals surface area contributed by atoms with Crippen molar-refractivity contribution in [1.29, 1.82) is 0 Å². The molecule has 16 heavy (non-hydrogen) atoms. The Morgan fingerprint density at radius 3 is 2.69 bits per heavy atom. The van der Waals surface area contributed by atoms with E-state index in [4.69, 9.17) is 5.11 Å². The summed E-state index contributed by atoms with van der Waals surface area (Å²) >= 11 is 0. The lowest BCUT2D eigenvalue weighted by atomic mass is 10.1. The number of carboxylic acids is 1. The summed E-state index contributed by atoms with van der Waals surface area (Å²) in [5.41, 5.74) is 2.47. The number of carbonyl (C=O) groups excluding carboxylic acids is 1. The number of aldehydes is 1. The lowest BCUT2D eigenvalue weighted by molar-refractivity contribution is 0.0696. The second kappa shape index (κ2) is 3.48. The van der Waals surface area contributed by atoms with Gasteiger partial charge in [0.15, 0.2) is 6.29 Å². The number of carboxylic acid groups (broad SMARTS) is 1. The van der Waals surface area contributed by atoms with Crippen molar-refractivity contribution in [3.05, 3.63) is 35.0 Å². The van der Waals surface area contributed by atoms with Gasteiger partial charge in [-0.25, -0.2) is 4.79 Å². The maximum Gasteiger partial charge on any atom is 0.335 e. The highest BCUT2D eigenvalue weighted by Crippen LogP contribution is 2.24. The van der Waals surface area contributed by atoms with E-state index in [0.29, 0.717) is 10.9 Å². The van der Waals surface area contributed by atoms with Crippen LogP contribution in [0.3, 0.4) is 0 Å². The van der Waals surface area contributed by atoms with Crippen LogP contribution >= 0.6 is 0 Å². The number of aryl methyl sites for hydroxylation is 2. The lowest BCUT2D eigenvalue weighted by Crippen LogP contribution is -1.98. The third kappa shape index (κ3) is 1.39. The Hall–Kier alpha value is -2.10. The summed E-state index contributed by atoms with van der Waals surface area (Å²) in [6.45, 7) is 1.84. The van der Waals surface area contributed by atoms with Crippen LogP contribution < -0.4 is 0 Å². The minimum Gasteiger partial charge on any atom is -0.478 e. The first-order valence-electron chi connectivity index (χ1n) is 4.82. The van der Waals surface area contributed by atoms with Crippen molar-refractivity contribution in [3.8, 4) is 0 Å². The Morgan fingerprint density at radius 2 is 2.12 bits per heavy atom. The molecule has 4 nitrogen and oxygen atoms in total. The predicted molar refractivity (Wildman–Crippen MR) is 60.0 cm³/mol. The van der Waals surface area contributed by atoms with Crippen molar-refractivity contribution in [2.24, 2.45) is 7.05 Å². The SMILES string of the molecule is Cc1cc(C(=O)O)cc2c(C=O)cn(C)c12. The molecular weight excluding hydrogens is 206 g/mol. The molecule has 2 aromatic rings.